The first-order valence-electron chi connectivity index (χ1n) is 6.08. The molecule has 20 heavy (non-hydrogen) atoms. The van der Waals surface area contributed by atoms with Gasteiger partial charge in [0, 0.05) is 6.54 Å². The van der Waals surface area contributed by atoms with Crippen molar-refractivity contribution in [3.05, 3.63) is 0 Å². The summed E-state index contributed by atoms with van der Waals surface area (Å²) in [5, 5.41) is 16.0. The van der Waals surface area contributed by atoms with Crippen LogP contribution in [-0.4, -0.2) is 54.7 Å². The Morgan fingerprint density at radius 3 is 2.75 bits per heavy atom. The van der Waals surface area contributed by atoms with Crippen molar-refractivity contribution >= 4 is 23.9 Å². The van der Waals surface area contributed by atoms with E-state index in [1.54, 1.807) is 0 Å². The molecule has 0 aromatic heterocycles. The summed E-state index contributed by atoms with van der Waals surface area (Å²) in [6.07, 6.45) is 0.714. The van der Waals surface area contributed by atoms with Crippen LogP contribution in [0.3, 0.4) is 0 Å². The molecular formula is C11H17N3O6. The van der Waals surface area contributed by atoms with E-state index in [0.717, 1.165) is 13.5 Å². The third-order valence-electron chi connectivity index (χ3n) is 2.79. The molecule has 112 valence electrons. The molecule has 1 aliphatic rings. The highest BCUT2D eigenvalue weighted by Crippen LogP contribution is 2.03. The van der Waals surface area contributed by atoms with Crippen LogP contribution in [0, 0.1) is 0 Å². The lowest BCUT2D eigenvalue weighted by molar-refractivity contribution is -0.147. The summed E-state index contributed by atoms with van der Waals surface area (Å²) in [6.45, 7) is 0.554. The van der Waals surface area contributed by atoms with E-state index >= 15 is 0 Å². The lowest BCUT2D eigenvalue weighted by Crippen LogP contribution is -2.55. The fraction of sp³-hybridized carbons (Fsp3) is 0.636. The molecule has 1 saturated heterocycles. The lowest BCUT2D eigenvalue weighted by Gasteiger charge is -2.23. The molecule has 0 saturated carbocycles. The number of hydrogen-bond donors (Lipinski definition) is 4. The minimum Gasteiger partial charge on any atom is -0.480 e. The van der Waals surface area contributed by atoms with Crippen molar-refractivity contribution in [2.75, 3.05) is 13.7 Å². The van der Waals surface area contributed by atoms with E-state index in [-0.39, 0.29) is 5.91 Å². The van der Waals surface area contributed by atoms with Gasteiger partial charge in [-0.05, 0) is 12.8 Å². The summed E-state index contributed by atoms with van der Waals surface area (Å²) < 4.78 is 4.34. The first-order chi connectivity index (χ1) is 9.43. The average molecular weight is 287 g/mol. The molecule has 1 heterocycles. The Labute approximate surface area is 115 Å². The second kappa shape index (κ2) is 7.31. The summed E-state index contributed by atoms with van der Waals surface area (Å²) in [7, 11) is 1.12. The second-order valence-electron chi connectivity index (χ2n) is 4.27. The van der Waals surface area contributed by atoms with Gasteiger partial charge in [-0.15, -0.1) is 0 Å². The molecule has 0 radical (unpaired) electrons. The van der Waals surface area contributed by atoms with Crippen molar-refractivity contribution in [1.29, 1.82) is 0 Å². The number of piperidine rings is 1. The third-order valence-corrected chi connectivity index (χ3v) is 2.79. The highest BCUT2D eigenvalue weighted by atomic mass is 16.5. The van der Waals surface area contributed by atoms with Crippen LogP contribution in [-0.2, 0) is 19.1 Å². The standard InChI is InChI=1S/C11H17N3O6/c1-20-8(15)5-7(10(17)18)14-11(19)13-6-3-2-4-12-9(6)16/h6-7H,2-5H2,1H3,(H,12,16)(H,17,18)(H2,13,14,19)/t6?,7-/m0/s1. The maximum absolute atomic E-state index is 11.6. The molecule has 3 amide bonds. The number of carbonyl (C=O) groups excluding carboxylic acids is 3. The molecule has 2 atom stereocenters. The van der Waals surface area contributed by atoms with Gasteiger partial charge in [0.25, 0.3) is 0 Å². The number of rotatable bonds is 5. The average Bonchev–Trinajstić information content (AvgIpc) is 2.40. The van der Waals surface area contributed by atoms with Crippen LogP contribution in [0.1, 0.15) is 19.3 Å². The van der Waals surface area contributed by atoms with Gasteiger partial charge in [0.15, 0.2) is 0 Å². The van der Waals surface area contributed by atoms with Crippen LogP contribution >= 0.6 is 0 Å². The molecule has 0 aliphatic carbocycles. The topological polar surface area (TPSA) is 134 Å². The maximum Gasteiger partial charge on any atom is 0.326 e. The monoisotopic (exact) mass is 287 g/mol. The van der Waals surface area contributed by atoms with E-state index in [1.165, 1.54) is 0 Å². The van der Waals surface area contributed by atoms with Crippen molar-refractivity contribution in [2.45, 2.75) is 31.3 Å². The zero-order valence-corrected chi connectivity index (χ0v) is 11.0. The van der Waals surface area contributed by atoms with Gasteiger partial charge in [-0.2, -0.15) is 0 Å². The van der Waals surface area contributed by atoms with E-state index in [4.69, 9.17) is 5.11 Å². The van der Waals surface area contributed by atoms with Crippen molar-refractivity contribution in [3.8, 4) is 0 Å². The Hall–Kier alpha value is -2.32. The van der Waals surface area contributed by atoms with E-state index in [9.17, 15) is 19.2 Å². The lowest BCUT2D eigenvalue weighted by atomic mass is 10.1. The number of carboxylic acids is 1. The van der Waals surface area contributed by atoms with E-state index in [0.29, 0.717) is 13.0 Å². The molecular weight excluding hydrogens is 270 g/mol. The van der Waals surface area contributed by atoms with Gasteiger partial charge < -0.3 is 25.8 Å². The summed E-state index contributed by atoms with van der Waals surface area (Å²) in [4.78, 5) is 45.0. The molecule has 1 rings (SSSR count). The predicted octanol–water partition coefficient (Wildman–Crippen LogP) is -1.42. The van der Waals surface area contributed by atoms with Gasteiger partial charge in [0.2, 0.25) is 5.91 Å². The van der Waals surface area contributed by atoms with Gasteiger partial charge in [0.05, 0.1) is 13.5 Å². The van der Waals surface area contributed by atoms with Crippen LogP contribution in [0.15, 0.2) is 0 Å². The van der Waals surface area contributed by atoms with Crippen LogP contribution in [0.5, 0.6) is 0 Å². The van der Waals surface area contributed by atoms with Gasteiger partial charge in [-0.25, -0.2) is 9.59 Å². The number of nitrogens with one attached hydrogen (secondary N) is 3. The summed E-state index contributed by atoms with van der Waals surface area (Å²) in [5.74, 6) is -2.43. The predicted molar refractivity (Wildman–Crippen MR) is 65.8 cm³/mol. The maximum atomic E-state index is 11.6. The fourth-order valence-electron chi connectivity index (χ4n) is 1.72. The second-order valence-corrected chi connectivity index (χ2v) is 4.27. The number of carbonyl (C=O) groups is 4. The number of urea groups is 1. The number of hydrogen-bond acceptors (Lipinski definition) is 5. The number of carboxylic acid groups (broad SMARTS) is 1. The third kappa shape index (κ3) is 4.75. The van der Waals surface area contributed by atoms with Crippen molar-refractivity contribution in [1.82, 2.24) is 16.0 Å². The molecule has 1 fully saturated rings. The van der Waals surface area contributed by atoms with Crippen LogP contribution in [0.2, 0.25) is 0 Å². The van der Waals surface area contributed by atoms with Crippen molar-refractivity contribution < 1.29 is 29.0 Å². The van der Waals surface area contributed by atoms with Gasteiger partial charge in [-0.1, -0.05) is 0 Å². The van der Waals surface area contributed by atoms with Crippen molar-refractivity contribution in [2.24, 2.45) is 0 Å². The highest BCUT2D eigenvalue weighted by Gasteiger charge is 2.27. The number of aliphatic carboxylic acids is 1. The van der Waals surface area contributed by atoms with Crippen molar-refractivity contribution in [3.63, 3.8) is 0 Å². The minimum absolute atomic E-state index is 0.314. The minimum atomic E-state index is -1.41. The Bertz CT molecular complexity index is 411. The summed E-state index contributed by atoms with van der Waals surface area (Å²) >= 11 is 0. The molecule has 0 aromatic rings. The molecule has 0 spiro atoms. The smallest absolute Gasteiger partial charge is 0.326 e. The molecule has 0 bridgehead atoms. The fourth-order valence-corrected chi connectivity index (χ4v) is 1.72. The number of methoxy groups -OCH3 is 1. The van der Waals surface area contributed by atoms with Crippen LogP contribution in [0.4, 0.5) is 4.79 Å². The van der Waals surface area contributed by atoms with E-state index < -0.39 is 36.5 Å². The van der Waals surface area contributed by atoms with Gasteiger partial charge >= 0.3 is 18.0 Å². The van der Waals surface area contributed by atoms with Crippen LogP contribution in [0.25, 0.3) is 0 Å². The Morgan fingerprint density at radius 1 is 1.50 bits per heavy atom. The van der Waals surface area contributed by atoms with E-state index in [2.05, 4.69) is 20.7 Å². The number of esters is 1. The SMILES string of the molecule is COC(=O)C[C@H](NC(=O)NC1CCCNC1=O)C(=O)O. The molecule has 9 heteroatoms. The highest BCUT2D eigenvalue weighted by molar-refractivity contribution is 5.90. The Morgan fingerprint density at radius 2 is 2.20 bits per heavy atom. The zero-order chi connectivity index (χ0) is 15.1. The molecule has 1 unspecified atom stereocenters. The Kier molecular flexibility index (Phi) is 5.75. The Balaban J connectivity index is 2.51. The number of amides is 3. The van der Waals surface area contributed by atoms with Gasteiger partial charge in [0.1, 0.15) is 12.1 Å². The van der Waals surface area contributed by atoms with Gasteiger partial charge in [-0.3, -0.25) is 9.59 Å². The first kappa shape index (κ1) is 15.7. The zero-order valence-electron chi connectivity index (χ0n) is 11.0. The molecule has 0 aromatic carbocycles. The largest absolute Gasteiger partial charge is 0.480 e. The summed E-state index contributed by atoms with van der Waals surface area (Å²) in [6, 6.07) is -2.92. The molecule has 1 aliphatic heterocycles. The number of ether oxygens (including phenoxy) is 1. The molecule has 4 N–H and O–H groups in total. The quantitative estimate of drug-likeness (QED) is 0.458. The first-order valence-corrected chi connectivity index (χ1v) is 6.08. The summed E-state index contributed by atoms with van der Waals surface area (Å²) in [5.41, 5.74) is 0. The molecule has 9 nitrogen and oxygen atoms in total. The van der Waals surface area contributed by atoms with E-state index in [1.807, 2.05) is 0 Å². The normalized spacial score (nSPS) is 19.4. The van der Waals surface area contributed by atoms with Crippen LogP contribution < -0.4 is 16.0 Å².